The van der Waals surface area contributed by atoms with Crippen LogP contribution in [0.3, 0.4) is 0 Å². The molecule has 172 valence electrons. The van der Waals surface area contributed by atoms with Gasteiger partial charge in [-0.25, -0.2) is 5.43 Å². The highest BCUT2D eigenvalue weighted by Gasteiger charge is 2.19. The first-order chi connectivity index (χ1) is 15.5. The number of nitrogens with zero attached hydrogens (tertiary/aromatic N) is 1. The highest BCUT2D eigenvalue weighted by molar-refractivity contribution is 6.05. The maximum atomic E-state index is 12.6. The van der Waals surface area contributed by atoms with Gasteiger partial charge in [-0.15, -0.1) is 0 Å². The third-order valence-electron chi connectivity index (χ3n) is 6.01. The summed E-state index contributed by atoms with van der Waals surface area (Å²) < 4.78 is 0. The Balaban J connectivity index is 1.61. The summed E-state index contributed by atoms with van der Waals surface area (Å²) in [5.74, 6) is -0.119. The molecular formula is C28H33N3O2. The van der Waals surface area contributed by atoms with Gasteiger partial charge < -0.3 is 5.32 Å². The van der Waals surface area contributed by atoms with E-state index >= 15 is 0 Å². The number of amides is 2. The smallest absolute Gasteiger partial charge is 0.271 e. The van der Waals surface area contributed by atoms with Crippen LogP contribution in [-0.2, 0) is 5.41 Å². The zero-order valence-corrected chi connectivity index (χ0v) is 20.2. The maximum Gasteiger partial charge on any atom is 0.271 e. The summed E-state index contributed by atoms with van der Waals surface area (Å²) in [6, 6.07) is 14.4. The standard InChI is InChI=1S/C28H33N3O2/c1-18(2)22-8-7-19(3)25(17-22)30-31-27(33)21-11-15-24(16-12-21)29-26(32)20-9-13-23(14-10-20)28(4,5)6/h7,9-16,22H,1,8,17H2,2-6H3,(H,29,32)(H,31,33)/b30-25-/t22-/m1/s1. The van der Waals surface area contributed by atoms with Crippen LogP contribution in [0, 0.1) is 5.92 Å². The number of carbonyl (C=O) groups excluding carboxylic acids is 2. The first-order valence-electron chi connectivity index (χ1n) is 11.3. The van der Waals surface area contributed by atoms with E-state index in [-0.39, 0.29) is 17.2 Å². The third kappa shape index (κ3) is 6.28. The van der Waals surface area contributed by atoms with Crippen molar-refractivity contribution in [1.82, 2.24) is 5.43 Å². The fraction of sp³-hybridized carbons (Fsp3) is 0.321. The Morgan fingerprint density at radius 1 is 0.970 bits per heavy atom. The topological polar surface area (TPSA) is 70.6 Å². The number of nitrogens with one attached hydrogen (secondary N) is 2. The minimum atomic E-state index is -0.289. The molecule has 5 heteroatoms. The second kappa shape index (κ2) is 9.99. The average Bonchev–Trinajstić information content (AvgIpc) is 2.78. The van der Waals surface area contributed by atoms with Crippen LogP contribution in [0.4, 0.5) is 5.69 Å². The zero-order valence-electron chi connectivity index (χ0n) is 20.2. The summed E-state index contributed by atoms with van der Waals surface area (Å²) in [6.45, 7) is 14.5. The maximum absolute atomic E-state index is 12.6. The number of allylic oxidation sites excluding steroid dienone is 3. The Kier molecular flexibility index (Phi) is 7.32. The van der Waals surface area contributed by atoms with Gasteiger partial charge in [-0.3, -0.25) is 9.59 Å². The molecule has 0 radical (unpaired) electrons. The van der Waals surface area contributed by atoms with Crippen molar-refractivity contribution < 1.29 is 9.59 Å². The Morgan fingerprint density at radius 2 is 1.55 bits per heavy atom. The highest BCUT2D eigenvalue weighted by Crippen LogP contribution is 2.26. The Morgan fingerprint density at radius 3 is 2.12 bits per heavy atom. The molecule has 2 amide bonds. The number of hydrogen-bond donors (Lipinski definition) is 2. The zero-order chi connectivity index (χ0) is 24.2. The quantitative estimate of drug-likeness (QED) is 0.423. The molecule has 5 nitrogen and oxygen atoms in total. The number of hydrazone groups is 1. The van der Waals surface area contributed by atoms with Crippen molar-refractivity contribution in [3.05, 3.63) is 89.0 Å². The second-order valence-electron chi connectivity index (χ2n) is 9.73. The molecular weight excluding hydrogens is 410 g/mol. The van der Waals surface area contributed by atoms with E-state index in [1.807, 2.05) is 38.1 Å². The lowest BCUT2D eigenvalue weighted by molar-refractivity contribution is 0.0954. The lowest BCUT2D eigenvalue weighted by atomic mass is 9.85. The predicted molar refractivity (Wildman–Crippen MR) is 136 cm³/mol. The monoisotopic (exact) mass is 443 g/mol. The fourth-order valence-corrected chi connectivity index (χ4v) is 3.64. The van der Waals surface area contributed by atoms with Crippen LogP contribution >= 0.6 is 0 Å². The molecule has 2 aromatic rings. The number of hydrogen-bond acceptors (Lipinski definition) is 3. The van der Waals surface area contributed by atoms with Crippen LogP contribution in [0.25, 0.3) is 0 Å². The van der Waals surface area contributed by atoms with E-state index in [2.05, 4.69) is 49.3 Å². The van der Waals surface area contributed by atoms with Gasteiger partial charge in [0.15, 0.2) is 0 Å². The molecule has 2 aromatic carbocycles. The number of benzene rings is 2. The van der Waals surface area contributed by atoms with Gasteiger partial charge in [0.2, 0.25) is 0 Å². The summed E-state index contributed by atoms with van der Waals surface area (Å²) in [5.41, 5.74) is 8.64. The molecule has 1 aliphatic carbocycles. The molecule has 0 saturated heterocycles. The van der Waals surface area contributed by atoms with Crippen molar-refractivity contribution in [2.45, 2.75) is 52.9 Å². The third-order valence-corrected chi connectivity index (χ3v) is 6.01. The van der Waals surface area contributed by atoms with Gasteiger partial charge in [-0.2, -0.15) is 5.10 Å². The second-order valence-corrected chi connectivity index (χ2v) is 9.73. The summed E-state index contributed by atoms with van der Waals surface area (Å²) in [5, 5.41) is 7.22. The molecule has 0 aliphatic heterocycles. The van der Waals surface area contributed by atoms with Gasteiger partial charge in [0.25, 0.3) is 11.8 Å². The summed E-state index contributed by atoms with van der Waals surface area (Å²) in [6.07, 6.45) is 3.88. The predicted octanol–water partition coefficient (Wildman–Crippen LogP) is 6.25. The van der Waals surface area contributed by atoms with Gasteiger partial charge in [-0.1, -0.05) is 51.1 Å². The molecule has 0 bridgehead atoms. The summed E-state index contributed by atoms with van der Waals surface area (Å²) in [4.78, 5) is 25.1. The van der Waals surface area contributed by atoms with E-state index in [0.717, 1.165) is 29.7 Å². The van der Waals surface area contributed by atoms with Gasteiger partial charge >= 0.3 is 0 Å². The number of rotatable bonds is 5. The lowest BCUT2D eigenvalue weighted by Gasteiger charge is -2.22. The summed E-state index contributed by atoms with van der Waals surface area (Å²) in [7, 11) is 0. The van der Waals surface area contributed by atoms with Crippen molar-refractivity contribution in [1.29, 1.82) is 0 Å². The molecule has 0 fully saturated rings. The molecule has 3 rings (SSSR count). The van der Waals surface area contributed by atoms with Crippen molar-refractivity contribution in [2.24, 2.45) is 11.0 Å². The van der Waals surface area contributed by atoms with E-state index in [1.165, 1.54) is 5.56 Å². The number of anilines is 1. The van der Waals surface area contributed by atoms with Crippen LogP contribution in [0.15, 0.2) is 77.4 Å². The van der Waals surface area contributed by atoms with Crippen LogP contribution in [0.1, 0.15) is 73.7 Å². The molecule has 2 N–H and O–H groups in total. The molecule has 0 aromatic heterocycles. The summed E-state index contributed by atoms with van der Waals surface area (Å²) >= 11 is 0. The molecule has 0 spiro atoms. The first-order valence-corrected chi connectivity index (χ1v) is 11.3. The van der Waals surface area contributed by atoms with Gasteiger partial charge in [0, 0.05) is 16.8 Å². The molecule has 1 atom stereocenters. The molecule has 0 saturated carbocycles. The minimum Gasteiger partial charge on any atom is -0.322 e. The van der Waals surface area contributed by atoms with E-state index in [0.29, 0.717) is 22.7 Å². The first kappa shape index (κ1) is 24.2. The Labute approximate surface area is 196 Å². The van der Waals surface area contributed by atoms with Crippen molar-refractivity contribution in [3.63, 3.8) is 0 Å². The van der Waals surface area contributed by atoms with Crippen molar-refractivity contribution >= 4 is 23.2 Å². The van der Waals surface area contributed by atoms with E-state index < -0.39 is 0 Å². The van der Waals surface area contributed by atoms with Gasteiger partial charge in [0.1, 0.15) is 0 Å². The Hall–Kier alpha value is -3.47. The Bertz CT molecular complexity index is 1100. The lowest BCUT2D eigenvalue weighted by Crippen LogP contribution is -2.23. The fourth-order valence-electron chi connectivity index (χ4n) is 3.64. The van der Waals surface area contributed by atoms with Gasteiger partial charge in [-0.05, 0) is 85.6 Å². The average molecular weight is 444 g/mol. The van der Waals surface area contributed by atoms with Crippen LogP contribution in [0.2, 0.25) is 0 Å². The molecule has 1 aliphatic rings. The van der Waals surface area contributed by atoms with Crippen LogP contribution in [-0.4, -0.2) is 17.5 Å². The van der Waals surface area contributed by atoms with E-state index in [9.17, 15) is 9.59 Å². The van der Waals surface area contributed by atoms with E-state index in [4.69, 9.17) is 0 Å². The molecule has 0 unspecified atom stereocenters. The highest BCUT2D eigenvalue weighted by atomic mass is 16.2. The number of carbonyl (C=O) groups is 2. The van der Waals surface area contributed by atoms with Crippen molar-refractivity contribution in [3.8, 4) is 0 Å². The largest absolute Gasteiger partial charge is 0.322 e. The molecule has 0 heterocycles. The minimum absolute atomic E-state index is 0.0362. The van der Waals surface area contributed by atoms with Crippen LogP contribution in [0.5, 0.6) is 0 Å². The SMILES string of the molecule is C=C(C)[C@@H]1CC=C(C)/C(=N\NC(=O)c2ccc(NC(=O)c3ccc(C(C)(C)C)cc3)cc2)C1. The molecule has 33 heavy (non-hydrogen) atoms. The van der Waals surface area contributed by atoms with Crippen LogP contribution < -0.4 is 10.7 Å². The van der Waals surface area contributed by atoms with Gasteiger partial charge in [0.05, 0.1) is 5.71 Å². The normalized spacial score (nSPS) is 17.3. The van der Waals surface area contributed by atoms with Crippen molar-refractivity contribution in [2.75, 3.05) is 5.32 Å². The van der Waals surface area contributed by atoms with E-state index in [1.54, 1.807) is 24.3 Å².